The maximum absolute atomic E-state index is 16.6. The minimum Gasteiger partial charge on any atom is -0.405 e. The maximum Gasteiger partial charge on any atom is 0.161 e. The molecule has 2 aliphatic rings. The summed E-state index contributed by atoms with van der Waals surface area (Å²) in [5.41, 5.74) is 9.06. The Hall–Kier alpha value is -2.89. The molecular weight excluding hydrogens is 401 g/mol. The van der Waals surface area contributed by atoms with Crippen molar-refractivity contribution < 1.29 is 4.39 Å². The maximum atomic E-state index is 16.6. The number of nitrogens with zero attached hydrogens (tertiary/aromatic N) is 4. The van der Waals surface area contributed by atoms with Crippen LogP contribution in [0.3, 0.4) is 0 Å². The first-order chi connectivity index (χ1) is 15.3. The number of anilines is 3. The Balaban J connectivity index is 1.92. The number of aromatic nitrogens is 2. The molecule has 3 unspecified atom stereocenters. The summed E-state index contributed by atoms with van der Waals surface area (Å²) in [5, 5.41) is 0. The van der Waals surface area contributed by atoms with Crippen LogP contribution in [-0.4, -0.2) is 23.2 Å². The summed E-state index contributed by atoms with van der Waals surface area (Å²) >= 11 is 0. The number of nitrogens with two attached hydrogens (primary N) is 1. The van der Waals surface area contributed by atoms with Crippen LogP contribution in [0.4, 0.5) is 21.6 Å². The van der Waals surface area contributed by atoms with Crippen LogP contribution in [0.15, 0.2) is 48.3 Å². The van der Waals surface area contributed by atoms with Crippen LogP contribution < -0.4 is 15.5 Å². The van der Waals surface area contributed by atoms with Crippen LogP contribution in [0.5, 0.6) is 0 Å². The monoisotopic (exact) mass is 435 g/mol. The summed E-state index contributed by atoms with van der Waals surface area (Å²) in [5.74, 6) is 1.62. The summed E-state index contributed by atoms with van der Waals surface area (Å²) in [6.07, 6.45) is 6.30. The zero-order valence-electron chi connectivity index (χ0n) is 19.9. The van der Waals surface area contributed by atoms with Crippen molar-refractivity contribution in [1.82, 2.24) is 9.97 Å². The van der Waals surface area contributed by atoms with Crippen LogP contribution >= 0.6 is 0 Å². The number of allylic oxidation sites excluding steroid dienone is 3. The summed E-state index contributed by atoms with van der Waals surface area (Å²) in [6, 6.07) is 7.86. The van der Waals surface area contributed by atoms with Crippen LogP contribution in [0, 0.1) is 11.8 Å². The van der Waals surface area contributed by atoms with E-state index < -0.39 is 5.67 Å². The van der Waals surface area contributed by atoms with Gasteiger partial charge in [0.15, 0.2) is 11.6 Å². The van der Waals surface area contributed by atoms with Gasteiger partial charge in [0, 0.05) is 29.8 Å². The van der Waals surface area contributed by atoms with E-state index in [4.69, 9.17) is 15.7 Å². The summed E-state index contributed by atoms with van der Waals surface area (Å²) in [7, 11) is 2.02. The molecule has 3 atom stereocenters. The van der Waals surface area contributed by atoms with E-state index >= 15 is 4.39 Å². The van der Waals surface area contributed by atoms with Crippen molar-refractivity contribution >= 4 is 22.8 Å². The molecule has 4 rings (SSSR count). The standard InChI is InChI=1S/C26H34FN5/c1-7-19-25-31(6)24-22(15-29-23(30-24)18(13-14-28)17(5)16(3)4)32(25)21-12-10-9-11-20(21)26(19,27)8-2/h9-16,19,25H,7-8,28H2,1-6H3/b14-13-,18-17+. The number of para-hydroxylation sites is 1. The van der Waals surface area contributed by atoms with Gasteiger partial charge in [-0.25, -0.2) is 14.4 Å². The lowest BCUT2D eigenvalue weighted by molar-refractivity contribution is 0.0473. The summed E-state index contributed by atoms with van der Waals surface area (Å²) in [4.78, 5) is 14.1. The Kier molecular flexibility index (Phi) is 5.74. The fourth-order valence-corrected chi connectivity index (χ4v) is 5.34. The van der Waals surface area contributed by atoms with E-state index in [1.54, 1.807) is 0 Å². The quantitative estimate of drug-likeness (QED) is 0.592. The lowest BCUT2D eigenvalue weighted by Crippen LogP contribution is -2.55. The molecule has 0 saturated heterocycles. The Bertz CT molecular complexity index is 1080. The van der Waals surface area contributed by atoms with Gasteiger partial charge in [-0.15, -0.1) is 0 Å². The van der Waals surface area contributed by atoms with E-state index in [2.05, 4.69) is 37.5 Å². The molecule has 0 spiro atoms. The number of halogens is 1. The van der Waals surface area contributed by atoms with Crippen molar-refractivity contribution in [3.8, 4) is 0 Å². The van der Waals surface area contributed by atoms with Crippen LogP contribution in [0.2, 0.25) is 0 Å². The van der Waals surface area contributed by atoms with Gasteiger partial charge >= 0.3 is 0 Å². The average molecular weight is 436 g/mol. The smallest absolute Gasteiger partial charge is 0.161 e. The Morgan fingerprint density at radius 1 is 1.25 bits per heavy atom. The summed E-state index contributed by atoms with van der Waals surface area (Å²) in [6.45, 7) is 10.4. The van der Waals surface area contributed by atoms with E-state index in [0.29, 0.717) is 18.2 Å². The number of alkyl halides is 1. The molecule has 170 valence electrons. The lowest BCUT2D eigenvalue weighted by atomic mass is 9.73. The molecule has 1 aromatic heterocycles. The van der Waals surface area contributed by atoms with Gasteiger partial charge in [0.1, 0.15) is 17.5 Å². The van der Waals surface area contributed by atoms with Crippen molar-refractivity contribution in [3.05, 3.63) is 59.7 Å². The van der Waals surface area contributed by atoms with Gasteiger partial charge in [0.25, 0.3) is 0 Å². The zero-order chi connectivity index (χ0) is 23.2. The molecule has 3 heterocycles. The van der Waals surface area contributed by atoms with Gasteiger partial charge in [0.05, 0.1) is 6.20 Å². The molecule has 2 N–H and O–H groups in total. The van der Waals surface area contributed by atoms with Gasteiger partial charge in [0.2, 0.25) is 0 Å². The molecule has 2 aliphatic heterocycles. The second kappa shape index (κ2) is 8.23. The van der Waals surface area contributed by atoms with Crippen molar-refractivity contribution in [2.75, 3.05) is 16.8 Å². The summed E-state index contributed by atoms with van der Waals surface area (Å²) < 4.78 is 16.6. The first-order valence-corrected chi connectivity index (χ1v) is 11.6. The van der Waals surface area contributed by atoms with Crippen molar-refractivity contribution in [2.45, 2.75) is 59.3 Å². The lowest BCUT2D eigenvalue weighted by Gasteiger charge is -2.48. The fourth-order valence-electron chi connectivity index (χ4n) is 5.34. The van der Waals surface area contributed by atoms with Gasteiger partial charge in [-0.05, 0) is 44.0 Å². The number of fused-ring (bicyclic) bond motifs is 5. The minimum atomic E-state index is -1.39. The second-order valence-electron chi connectivity index (χ2n) is 9.16. The fraction of sp³-hybridized carbons (Fsp3) is 0.462. The highest BCUT2D eigenvalue weighted by Crippen LogP contribution is 2.57. The van der Waals surface area contributed by atoms with E-state index in [-0.39, 0.29) is 12.1 Å². The third-order valence-electron chi connectivity index (χ3n) is 7.31. The number of rotatable bonds is 5. The molecule has 0 radical (unpaired) electrons. The van der Waals surface area contributed by atoms with Gasteiger partial charge in [-0.2, -0.15) is 0 Å². The zero-order valence-corrected chi connectivity index (χ0v) is 19.9. The van der Waals surface area contributed by atoms with Gasteiger partial charge < -0.3 is 15.5 Å². The van der Waals surface area contributed by atoms with Crippen LogP contribution in [0.25, 0.3) is 5.57 Å². The molecular formula is C26H34FN5. The van der Waals surface area contributed by atoms with E-state index in [9.17, 15) is 0 Å². The number of benzene rings is 1. The molecule has 0 amide bonds. The van der Waals surface area contributed by atoms with Crippen molar-refractivity contribution in [1.29, 1.82) is 0 Å². The van der Waals surface area contributed by atoms with Gasteiger partial charge in [-0.3, -0.25) is 0 Å². The Morgan fingerprint density at radius 2 is 1.97 bits per heavy atom. The normalized spacial score (nSPS) is 25.1. The number of hydrogen-bond acceptors (Lipinski definition) is 5. The average Bonchev–Trinajstić information content (AvgIpc) is 3.09. The largest absolute Gasteiger partial charge is 0.405 e. The molecule has 0 saturated carbocycles. The van der Waals surface area contributed by atoms with Crippen molar-refractivity contribution in [3.63, 3.8) is 0 Å². The first-order valence-electron chi connectivity index (χ1n) is 11.6. The van der Waals surface area contributed by atoms with Crippen molar-refractivity contribution in [2.24, 2.45) is 17.6 Å². The minimum absolute atomic E-state index is 0.150. The Morgan fingerprint density at radius 3 is 2.59 bits per heavy atom. The van der Waals surface area contributed by atoms with Crippen LogP contribution in [-0.2, 0) is 5.67 Å². The molecule has 2 aromatic rings. The second-order valence-corrected chi connectivity index (χ2v) is 9.16. The molecule has 6 heteroatoms. The predicted octanol–water partition coefficient (Wildman–Crippen LogP) is 5.91. The topological polar surface area (TPSA) is 58.3 Å². The highest BCUT2D eigenvalue weighted by Gasteiger charge is 2.55. The highest BCUT2D eigenvalue weighted by molar-refractivity contribution is 5.85. The number of hydrogen-bond donors (Lipinski definition) is 1. The van der Waals surface area contributed by atoms with Crippen LogP contribution in [0.1, 0.15) is 58.8 Å². The SMILES string of the molecule is CCC1C2N(C)c3nc(C(/C=C\N)=C(\C)C(C)C)ncc3N2c2ccccc2C1(F)CC. The third kappa shape index (κ3) is 3.11. The predicted molar refractivity (Wildman–Crippen MR) is 130 cm³/mol. The molecule has 0 bridgehead atoms. The molecule has 0 fully saturated rings. The molecule has 32 heavy (non-hydrogen) atoms. The molecule has 0 aliphatic carbocycles. The highest BCUT2D eigenvalue weighted by atomic mass is 19.1. The van der Waals surface area contributed by atoms with E-state index in [1.807, 2.05) is 50.5 Å². The first kappa shape index (κ1) is 22.3. The molecule has 1 aromatic carbocycles. The third-order valence-corrected chi connectivity index (χ3v) is 7.31. The van der Waals surface area contributed by atoms with E-state index in [0.717, 1.165) is 34.8 Å². The van der Waals surface area contributed by atoms with E-state index in [1.165, 1.54) is 11.8 Å². The Labute approximate surface area is 190 Å². The van der Waals surface area contributed by atoms with Gasteiger partial charge in [-0.1, -0.05) is 51.5 Å². The molecule has 5 nitrogen and oxygen atoms in total.